The van der Waals surface area contributed by atoms with Gasteiger partial charge < -0.3 is 14.8 Å². The summed E-state index contributed by atoms with van der Waals surface area (Å²) in [5.41, 5.74) is 3.06. The van der Waals surface area contributed by atoms with Crippen LogP contribution in [0.15, 0.2) is 82.4 Å². The third-order valence-corrected chi connectivity index (χ3v) is 6.03. The van der Waals surface area contributed by atoms with Gasteiger partial charge in [0.2, 0.25) is 0 Å². The molecule has 0 aliphatic heterocycles. The minimum atomic E-state index is -0.543. The van der Waals surface area contributed by atoms with Crippen LogP contribution in [0.25, 0.3) is 33.5 Å². The van der Waals surface area contributed by atoms with Crippen LogP contribution in [-0.4, -0.2) is 26.3 Å². The summed E-state index contributed by atoms with van der Waals surface area (Å²) >= 11 is 6.50. The van der Waals surface area contributed by atoms with Crippen molar-refractivity contribution in [1.82, 2.24) is 14.1 Å². The first-order valence-electron chi connectivity index (χ1n) is 10.5. The van der Waals surface area contributed by atoms with E-state index in [-0.39, 0.29) is 16.4 Å². The number of aromatic nitrogens is 3. The molecule has 0 aliphatic rings. The van der Waals surface area contributed by atoms with Gasteiger partial charge in [0.25, 0.3) is 5.56 Å². The third-order valence-electron chi connectivity index (χ3n) is 5.75. The number of phenolic OH excluding ortho intramolecular Hbond substituents is 1. The van der Waals surface area contributed by atoms with Crippen LogP contribution >= 0.6 is 11.6 Å². The van der Waals surface area contributed by atoms with Gasteiger partial charge in [-0.25, -0.2) is 9.36 Å². The summed E-state index contributed by atoms with van der Waals surface area (Å²) < 4.78 is 7.88. The number of para-hydroxylation sites is 1. The van der Waals surface area contributed by atoms with E-state index in [0.717, 1.165) is 15.7 Å². The molecular weight excluding hydrogens is 454 g/mol. The Hall–Kier alpha value is -4.23. The van der Waals surface area contributed by atoms with E-state index in [2.05, 4.69) is 4.98 Å². The van der Waals surface area contributed by atoms with Crippen LogP contribution in [0, 0.1) is 6.92 Å². The molecule has 0 amide bonds. The first-order valence-corrected chi connectivity index (χ1v) is 10.9. The summed E-state index contributed by atoms with van der Waals surface area (Å²) in [6, 6.07) is 21.2. The van der Waals surface area contributed by atoms with Gasteiger partial charge in [0.15, 0.2) is 11.5 Å². The van der Waals surface area contributed by atoms with Crippen molar-refractivity contribution < 1.29 is 9.84 Å². The number of benzene rings is 3. The summed E-state index contributed by atoms with van der Waals surface area (Å²) in [5, 5.41) is 10.7. The molecule has 2 heterocycles. The fraction of sp³-hybridized carbons (Fsp3) is 0.0769. The van der Waals surface area contributed by atoms with Gasteiger partial charge >= 0.3 is 5.69 Å². The number of H-pyrrole nitrogens is 1. The van der Waals surface area contributed by atoms with Gasteiger partial charge in [-0.05, 0) is 48.9 Å². The van der Waals surface area contributed by atoms with E-state index in [0.29, 0.717) is 28.2 Å². The highest BCUT2D eigenvalue weighted by Gasteiger charge is 2.18. The fourth-order valence-corrected chi connectivity index (χ4v) is 4.34. The van der Waals surface area contributed by atoms with Crippen molar-refractivity contribution in [2.45, 2.75) is 6.92 Å². The van der Waals surface area contributed by atoms with Gasteiger partial charge in [0, 0.05) is 11.3 Å². The smallest absolute Gasteiger partial charge is 0.333 e. The summed E-state index contributed by atoms with van der Waals surface area (Å²) in [6.07, 6.45) is 0. The lowest BCUT2D eigenvalue weighted by Crippen LogP contribution is -2.34. The Bertz CT molecular complexity index is 1650. The quantitative estimate of drug-likeness (QED) is 0.392. The molecule has 0 unspecified atom stereocenters. The molecule has 0 fully saturated rings. The second kappa shape index (κ2) is 8.28. The molecule has 0 saturated carbocycles. The molecule has 2 aromatic heterocycles. The number of phenols is 1. The van der Waals surface area contributed by atoms with E-state index in [9.17, 15) is 14.7 Å². The summed E-state index contributed by atoms with van der Waals surface area (Å²) in [7, 11) is 1.49. The zero-order valence-electron chi connectivity index (χ0n) is 18.4. The van der Waals surface area contributed by atoms with Gasteiger partial charge in [-0.1, -0.05) is 53.6 Å². The Labute approximate surface area is 199 Å². The maximum atomic E-state index is 13.5. The lowest BCUT2D eigenvalue weighted by atomic mass is 10.0. The highest BCUT2D eigenvalue weighted by molar-refractivity contribution is 6.31. The lowest BCUT2D eigenvalue weighted by molar-refractivity contribution is 0.374. The van der Waals surface area contributed by atoms with Crippen LogP contribution in [0.3, 0.4) is 0 Å². The van der Waals surface area contributed by atoms with Crippen LogP contribution in [-0.2, 0) is 0 Å². The molecule has 8 heteroatoms. The topological polar surface area (TPSA) is 89.2 Å². The van der Waals surface area contributed by atoms with Gasteiger partial charge in [-0.2, -0.15) is 0 Å². The highest BCUT2D eigenvalue weighted by Crippen LogP contribution is 2.37. The number of ether oxygens (including phenoxy) is 1. The van der Waals surface area contributed by atoms with Crippen molar-refractivity contribution in [3.63, 3.8) is 0 Å². The SMILES string of the molecule is COc1cccc(-c2ccc(-n3c(Cl)cc4[nH]c(=O)n(-c5ccc(C)cc5)c(=O)c43)cc2)c1O. The number of aromatic hydroxyl groups is 1. The Kier molecular flexibility index (Phi) is 5.26. The minimum Gasteiger partial charge on any atom is -0.504 e. The molecule has 0 aliphatic carbocycles. The predicted octanol–water partition coefficient (Wildman–Crippen LogP) is 4.81. The van der Waals surface area contributed by atoms with Crippen molar-refractivity contribution in [3.8, 4) is 34.0 Å². The molecule has 2 N–H and O–H groups in total. The zero-order valence-corrected chi connectivity index (χ0v) is 19.1. The number of fused-ring (bicyclic) bond motifs is 1. The molecule has 7 nitrogen and oxygen atoms in total. The van der Waals surface area contributed by atoms with E-state index < -0.39 is 11.2 Å². The monoisotopic (exact) mass is 473 g/mol. The first-order chi connectivity index (χ1) is 16.4. The number of hydrogen-bond acceptors (Lipinski definition) is 4. The Morgan fingerprint density at radius 2 is 1.56 bits per heavy atom. The number of aromatic amines is 1. The standard InChI is InChI=1S/C26H20ClN3O4/c1-15-6-10-18(11-7-15)30-25(32)23-20(28-26(30)33)14-22(27)29(23)17-12-8-16(9-13-17)19-4-3-5-21(34-2)24(19)31/h3-14,31H,1-2H3,(H,28,33). The number of methoxy groups -OCH3 is 1. The Morgan fingerprint density at radius 1 is 0.912 bits per heavy atom. The lowest BCUT2D eigenvalue weighted by Gasteiger charge is -2.12. The van der Waals surface area contributed by atoms with Gasteiger partial charge in [-0.15, -0.1) is 0 Å². The number of halogens is 1. The molecule has 0 radical (unpaired) electrons. The highest BCUT2D eigenvalue weighted by atomic mass is 35.5. The summed E-state index contributed by atoms with van der Waals surface area (Å²) in [5.74, 6) is 0.419. The normalized spacial score (nSPS) is 11.1. The number of nitrogens with zero attached hydrogens (tertiary/aromatic N) is 2. The number of aryl methyl sites for hydroxylation is 1. The molecule has 0 atom stereocenters. The van der Waals surface area contributed by atoms with Gasteiger partial charge in [0.05, 0.1) is 18.3 Å². The second-order valence-electron chi connectivity index (χ2n) is 7.87. The molecule has 5 aromatic rings. The van der Waals surface area contributed by atoms with Crippen LogP contribution in [0.5, 0.6) is 11.5 Å². The van der Waals surface area contributed by atoms with E-state index in [1.54, 1.807) is 53.1 Å². The van der Waals surface area contributed by atoms with Crippen molar-refractivity contribution in [1.29, 1.82) is 0 Å². The maximum Gasteiger partial charge on any atom is 0.333 e. The summed E-state index contributed by atoms with van der Waals surface area (Å²) in [6.45, 7) is 1.93. The molecule has 34 heavy (non-hydrogen) atoms. The molecular formula is C26H20ClN3O4. The third kappa shape index (κ3) is 3.47. The summed E-state index contributed by atoms with van der Waals surface area (Å²) in [4.78, 5) is 28.9. The molecule has 5 rings (SSSR count). The van der Waals surface area contributed by atoms with Crippen LogP contribution in [0.4, 0.5) is 0 Å². The molecule has 0 saturated heterocycles. The van der Waals surface area contributed by atoms with E-state index in [1.807, 2.05) is 31.2 Å². The van der Waals surface area contributed by atoms with Gasteiger partial charge in [-0.3, -0.25) is 9.36 Å². The Morgan fingerprint density at radius 3 is 2.24 bits per heavy atom. The largest absolute Gasteiger partial charge is 0.504 e. The minimum absolute atomic E-state index is 0.0424. The van der Waals surface area contributed by atoms with E-state index in [1.165, 1.54) is 7.11 Å². The van der Waals surface area contributed by atoms with Crippen LogP contribution in [0.1, 0.15) is 5.56 Å². The molecule has 3 aromatic carbocycles. The second-order valence-corrected chi connectivity index (χ2v) is 8.26. The zero-order chi connectivity index (χ0) is 24.0. The van der Waals surface area contributed by atoms with Crippen molar-refractivity contribution in [2.75, 3.05) is 7.11 Å². The molecule has 0 spiro atoms. The molecule has 170 valence electrons. The number of nitrogens with one attached hydrogen (secondary N) is 1. The maximum absolute atomic E-state index is 13.5. The van der Waals surface area contributed by atoms with Crippen molar-refractivity contribution >= 4 is 22.6 Å². The van der Waals surface area contributed by atoms with Crippen molar-refractivity contribution in [3.05, 3.63) is 104 Å². The van der Waals surface area contributed by atoms with Gasteiger partial charge in [0.1, 0.15) is 10.7 Å². The average Bonchev–Trinajstić information content (AvgIpc) is 3.16. The van der Waals surface area contributed by atoms with Crippen LogP contribution < -0.4 is 16.0 Å². The van der Waals surface area contributed by atoms with E-state index >= 15 is 0 Å². The molecule has 0 bridgehead atoms. The predicted molar refractivity (Wildman–Crippen MR) is 133 cm³/mol. The number of rotatable bonds is 4. The fourth-order valence-electron chi connectivity index (χ4n) is 4.05. The first kappa shape index (κ1) is 21.6. The number of hydrogen-bond donors (Lipinski definition) is 2. The van der Waals surface area contributed by atoms with Crippen molar-refractivity contribution in [2.24, 2.45) is 0 Å². The van der Waals surface area contributed by atoms with Crippen LogP contribution in [0.2, 0.25) is 5.15 Å². The van der Waals surface area contributed by atoms with E-state index in [4.69, 9.17) is 16.3 Å². The Balaban J connectivity index is 1.67. The average molecular weight is 474 g/mol.